The van der Waals surface area contributed by atoms with Crippen molar-refractivity contribution < 1.29 is 9.50 Å². The Balaban J connectivity index is 2.86. The van der Waals surface area contributed by atoms with Gasteiger partial charge in [-0.2, -0.15) is 0 Å². The summed E-state index contributed by atoms with van der Waals surface area (Å²) >= 11 is 30.1. The molecule has 2 aromatic rings. The lowest BCUT2D eigenvalue weighted by molar-refractivity contribution is 0.282. The number of rotatable bonds is 2. The molecule has 0 heterocycles. The number of hydrogen-bond acceptors (Lipinski definition) is 1. The summed E-state index contributed by atoms with van der Waals surface area (Å²) in [6, 6.07) is 3.84. The second kappa shape index (κ2) is 6.27. The van der Waals surface area contributed by atoms with Crippen molar-refractivity contribution in [3.05, 3.63) is 54.7 Å². The molecule has 2 aromatic carbocycles. The largest absolute Gasteiger partial charge is 0.392 e. The second-order valence-corrected chi connectivity index (χ2v) is 5.79. The van der Waals surface area contributed by atoms with Gasteiger partial charge < -0.3 is 5.11 Å². The van der Waals surface area contributed by atoms with Gasteiger partial charge in [0.25, 0.3) is 0 Å². The Morgan fingerprint density at radius 2 is 1.35 bits per heavy atom. The smallest absolute Gasteiger partial charge is 0.123 e. The molecule has 0 bridgehead atoms. The fourth-order valence-electron chi connectivity index (χ4n) is 1.76. The van der Waals surface area contributed by atoms with Gasteiger partial charge in [-0.3, -0.25) is 0 Å². The van der Waals surface area contributed by atoms with Gasteiger partial charge in [0.2, 0.25) is 0 Å². The Kier molecular flexibility index (Phi) is 5.06. The van der Waals surface area contributed by atoms with Crippen LogP contribution in [-0.2, 0) is 6.61 Å². The zero-order valence-electron chi connectivity index (χ0n) is 9.65. The van der Waals surface area contributed by atoms with E-state index in [0.717, 1.165) is 0 Å². The predicted molar refractivity (Wildman–Crippen MR) is 82.8 cm³/mol. The van der Waals surface area contributed by atoms with Crippen molar-refractivity contribution in [2.45, 2.75) is 6.61 Å². The van der Waals surface area contributed by atoms with Gasteiger partial charge in [-0.1, -0.05) is 64.1 Å². The molecule has 0 spiro atoms. The van der Waals surface area contributed by atoms with Gasteiger partial charge in [0.1, 0.15) is 5.82 Å². The molecule has 2 rings (SSSR count). The van der Waals surface area contributed by atoms with Crippen LogP contribution in [0.5, 0.6) is 0 Å². The van der Waals surface area contributed by atoms with Crippen LogP contribution in [0.2, 0.25) is 25.1 Å². The van der Waals surface area contributed by atoms with E-state index in [9.17, 15) is 9.50 Å². The van der Waals surface area contributed by atoms with E-state index in [1.165, 1.54) is 18.2 Å². The molecule has 0 saturated carbocycles. The minimum absolute atomic E-state index is 0.0193. The van der Waals surface area contributed by atoms with Gasteiger partial charge in [-0.25, -0.2) is 4.39 Å². The molecule has 0 fully saturated rings. The molecule has 0 aliphatic rings. The molecule has 7 heteroatoms. The normalized spacial score (nSPS) is 10.9. The summed E-state index contributed by atoms with van der Waals surface area (Å²) in [7, 11) is 0. The van der Waals surface area contributed by atoms with Crippen LogP contribution in [0.1, 0.15) is 5.56 Å². The van der Waals surface area contributed by atoms with Gasteiger partial charge in [0, 0.05) is 5.56 Å². The highest BCUT2D eigenvalue weighted by Gasteiger charge is 2.22. The first-order valence-electron chi connectivity index (χ1n) is 5.29. The molecule has 0 aliphatic carbocycles. The highest BCUT2D eigenvalue weighted by atomic mass is 35.5. The van der Waals surface area contributed by atoms with Crippen LogP contribution in [0.25, 0.3) is 11.1 Å². The average Bonchev–Trinajstić information content (AvgIpc) is 2.43. The lowest BCUT2D eigenvalue weighted by Crippen LogP contribution is -1.94. The zero-order chi connectivity index (χ0) is 15.0. The van der Waals surface area contributed by atoms with Crippen LogP contribution >= 0.6 is 58.0 Å². The van der Waals surface area contributed by atoms with Crippen LogP contribution < -0.4 is 0 Å². The summed E-state index contributed by atoms with van der Waals surface area (Å²) in [4.78, 5) is 0. The van der Waals surface area contributed by atoms with E-state index >= 15 is 0 Å². The summed E-state index contributed by atoms with van der Waals surface area (Å²) < 4.78 is 13.5. The third kappa shape index (κ3) is 2.74. The first-order chi connectivity index (χ1) is 9.38. The Bertz CT molecular complexity index is 658. The first kappa shape index (κ1) is 16.2. The fourth-order valence-corrected chi connectivity index (χ4v) is 3.10. The molecular weight excluding hydrogens is 368 g/mol. The quantitative estimate of drug-likeness (QED) is 0.486. The molecule has 0 unspecified atom stereocenters. The maximum Gasteiger partial charge on any atom is 0.123 e. The van der Waals surface area contributed by atoms with Gasteiger partial charge >= 0.3 is 0 Å². The zero-order valence-corrected chi connectivity index (χ0v) is 13.4. The number of aliphatic hydroxyl groups excluding tert-OH is 1. The van der Waals surface area contributed by atoms with E-state index < -0.39 is 5.82 Å². The molecule has 106 valence electrons. The molecule has 0 amide bonds. The second-order valence-electron chi connectivity index (χ2n) is 3.90. The number of hydrogen-bond donors (Lipinski definition) is 1. The molecule has 0 atom stereocenters. The van der Waals surface area contributed by atoms with Crippen LogP contribution in [0.3, 0.4) is 0 Å². The summed E-state index contributed by atoms with van der Waals surface area (Å²) in [6.07, 6.45) is 0. The minimum atomic E-state index is -0.508. The minimum Gasteiger partial charge on any atom is -0.392 e. The number of benzene rings is 2. The Morgan fingerprint density at radius 3 is 1.85 bits per heavy atom. The average molecular weight is 374 g/mol. The summed E-state index contributed by atoms with van der Waals surface area (Å²) in [5.41, 5.74) is 0.976. The van der Waals surface area contributed by atoms with Gasteiger partial charge in [0.05, 0.1) is 31.7 Å². The standard InChI is InChI=1S/C13H6Cl5FO/c14-9-8(10(15)12(17)13(18)11(9)16)7-3-6(19)2-1-5(7)4-20/h1-3,20H,4H2. The molecule has 1 N–H and O–H groups in total. The van der Waals surface area contributed by atoms with E-state index in [0.29, 0.717) is 11.1 Å². The molecule has 0 saturated heterocycles. The summed E-state index contributed by atoms with van der Waals surface area (Å²) in [6.45, 7) is -0.319. The highest BCUT2D eigenvalue weighted by Crippen LogP contribution is 2.48. The topological polar surface area (TPSA) is 20.2 Å². The van der Waals surface area contributed by atoms with Crippen molar-refractivity contribution in [2.75, 3.05) is 0 Å². The lowest BCUT2D eigenvalue weighted by Gasteiger charge is -2.15. The Labute approximate surface area is 139 Å². The molecule has 0 radical (unpaired) electrons. The maximum atomic E-state index is 13.5. The van der Waals surface area contributed by atoms with Gasteiger partial charge in [-0.05, 0) is 23.3 Å². The van der Waals surface area contributed by atoms with E-state index in [-0.39, 0.29) is 37.3 Å². The van der Waals surface area contributed by atoms with E-state index in [1.54, 1.807) is 0 Å². The van der Waals surface area contributed by atoms with Crippen molar-refractivity contribution in [1.29, 1.82) is 0 Å². The lowest BCUT2D eigenvalue weighted by atomic mass is 9.99. The number of halogens is 6. The van der Waals surface area contributed by atoms with Crippen molar-refractivity contribution >= 4 is 58.0 Å². The van der Waals surface area contributed by atoms with Crippen molar-refractivity contribution in [3.8, 4) is 11.1 Å². The fraction of sp³-hybridized carbons (Fsp3) is 0.0769. The summed E-state index contributed by atoms with van der Waals surface area (Å²) in [5.74, 6) is -0.508. The molecular formula is C13H6Cl5FO. The molecule has 20 heavy (non-hydrogen) atoms. The van der Waals surface area contributed by atoms with Crippen LogP contribution in [0, 0.1) is 5.82 Å². The van der Waals surface area contributed by atoms with Crippen molar-refractivity contribution in [2.24, 2.45) is 0 Å². The molecule has 0 aromatic heterocycles. The van der Waals surface area contributed by atoms with Crippen molar-refractivity contribution in [3.63, 3.8) is 0 Å². The van der Waals surface area contributed by atoms with E-state index in [1.807, 2.05) is 0 Å². The predicted octanol–water partition coefficient (Wildman–Crippen LogP) is 6.25. The first-order valence-corrected chi connectivity index (χ1v) is 7.18. The number of aliphatic hydroxyl groups is 1. The molecule has 0 aliphatic heterocycles. The monoisotopic (exact) mass is 372 g/mol. The van der Waals surface area contributed by atoms with E-state index in [4.69, 9.17) is 58.0 Å². The maximum absolute atomic E-state index is 13.5. The third-order valence-corrected chi connectivity index (χ3v) is 5.00. The Morgan fingerprint density at radius 1 is 0.850 bits per heavy atom. The SMILES string of the molecule is OCc1ccc(F)cc1-c1c(Cl)c(Cl)c(Cl)c(Cl)c1Cl. The highest BCUT2D eigenvalue weighted by molar-refractivity contribution is 6.56. The van der Waals surface area contributed by atoms with Gasteiger partial charge in [-0.15, -0.1) is 0 Å². The Hall–Kier alpha value is -0.220. The van der Waals surface area contributed by atoms with E-state index in [2.05, 4.69) is 0 Å². The van der Waals surface area contributed by atoms with Crippen LogP contribution in [-0.4, -0.2) is 5.11 Å². The van der Waals surface area contributed by atoms with Crippen LogP contribution in [0.15, 0.2) is 18.2 Å². The molecule has 1 nitrogen and oxygen atoms in total. The third-order valence-electron chi connectivity index (χ3n) is 2.72. The van der Waals surface area contributed by atoms with Gasteiger partial charge in [0.15, 0.2) is 0 Å². The van der Waals surface area contributed by atoms with Crippen LogP contribution in [0.4, 0.5) is 4.39 Å². The summed E-state index contributed by atoms with van der Waals surface area (Å²) in [5, 5.41) is 9.50. The van der Waals surface area contributed by atoms with Crippen molar-refractivity contribution in [1.82, 2.24) is 0 Å².